The first-order valence-corrected chi connectivity index (χ1v) is 6.96. The van der Waals surface area contributed by atoms with E-state index in [4.69, 9.17) is 5.11 Å². The van der Waals surface area contributed by atoms with Gasteiger partial charge in [0.2, 0.25) is 0 Å². The van der Waals surface area contributed by atoms with Crippen LogP contribution in [-0.4, -0.2) is 42.3 Å². The highest BCUT2D eigenvalue weighted by atomic mass is 16.6. The monoisotopic (exact) mass is 279 g/mol. The fourth-order valence-electron chi connectivity index (χ4n) is 2.63. The van der Waals surface area contributed by atoms with Gasteiger partial charge in [-0.05, 0) is 31.4 Å². The maximum atomic E-state index is 11.1. The second-order valence-corrected chi connectivity index (χ2v) is 5.19. The maximum absolute atomic E-state index is 11.1. The smallest absolute Gasteiger partial charge is 0.292 e. The van der Waals surface area contributed by atoms with Gasteiger partial charge in [0, 0.05) is 31.7 Å². The third kappa shape index (κ3) is 3.46. The Morgan fingerprint density at radius 2 is 2.15 bits per heavy atom. The maximum Gasteiger partial charge on any atom is 0.292 e. The number of nitro benzene ring substituents is 1. The summed E-state index contributed by atoms with van der Waals surface area (Å²) in [6, 6.07) is 5.64. The summed E-state index contributed by atoms with van der Waals surface area (Å²) in [5.74, 6) is 0. The second-order valence-electron chi connectivity index (χ2n) is 5.19. The molecular weight excluding hydrogens is 258 g/mol. The first-order chi connectivity index (χ1) is 9.61. The number of nitrogens with zero attached hydrogens (tertiary/aromatic N) is 2. The van der Waals surface area contributed by atoms with Crippen molar-refractivity contribution in [3.63, 3.8) is 0 Å². The second kappa shape index (κ2) is 6.67. The number of nitrogens with one attached hydrogen (secondary N) is 1. The Morgan fingerprint density at radius 3 is 2.75 bits per heavy atom. The molecule has 1 aromatic carbocycles. The third-order valence-electron chi connectivity index (χ3n) is 3.71. The quantitative estimate of drug-likeness (QED) is 0.630. The van der Waals surface area contributed by atoms with E-state index in [-0.39, 0.29) is 17.2 Å². The van der Waals surface area contributed by atoms with Crippen molar-refractivity contribution in [1.29, 1.82) is 0 Å². The summed E-state index contributed by atoms with van der Waals surface area (Å²) in [6.07, 6.45) is 1.87. The number of benzene rings is 1. The highest BCUT2D eigenvalue weighted by molar-refractivity contribution is 5.64. The molecule has 2 rings (SSSR count). The number of aryl methyl sites for hydroxylation is 1. The van der Waals surface area contributed by atoms with Crippen LogP contribution in [0.5, 0.6) is 0 Å². The van der Waals surface area contributed by atoms with E-state index < -0.39 is 0 Å². The van der Waals surface area contributed by atoms with E-state index in [0.717, 1.165) is 37.2 Å². The van der Waals surface area contributed by atoms with Gasteiger partial charge in [0.15, 0.2) is 0 Å². The molecule has 0 unspecified atom stereocenters. The Hall–Kier alpha value is -1.66. The fraction of sp³-hybridized carbons (Fsp3) is 0.571. The van der Waals surface area contributed by atoms with Gasteiger partial charge in [-0.2, -0.15) is 0 Å². The summed E-state index contributed by atoms with van der Waals surface area (Å²) < 4.78 is 0. The van der Waals surface area contributed by atoms with Crippen LogP contribution in [0.25, 0.3) is 0 Å². The molecule has 20 heavy (non-hydrogen) atoms. The zero-order valence-corrected chi connectivity index (χ0v) is 11.7. The minimum absolute atomic E-state index is 0.142. The van der Waals surface area contributed by atoms with Crippen molar-refractivity contribution in [1.82, 2.24) is 5.32 Å². The first kappa shape index (κ1) is 14.7. The number of hydrogen-bond acceptors (Lipinski definition) is 5. The Kier molecular flexibility index (Phi) is 4.92. The lowest BCUT2D eigenvalue weighted by Gasteiger charge is -2.33. The molecule has 0 radical (unpaired) electrons. The molecule has 0 bridgehead atoms. The minimum Gasteiger partial charge on any atom is -0.395 e. The zero-order chi connectivity index (χ0) is 14.5. The fourth-order valence-corrected chi connectivity index (χ4v) is 2.63. The number of piperidine rings is 1. The lowest BCUT2D eigenvalue weighted by atomic mass is 10.0. The van der Waals surface area contributed by atoms with Crippen LogP contribution in [0.1, 0.15) is 18.4 Å². The van der Waals surface area contributed by atoms with E-state index in [0.29, 0.717) is 12.6 Å². The lowest BCUT2D eigenvalue weighted by Crippen LogP contribution is -2.43. The van der Waals surface area contributed by atoms with E-state index in [2.05, 4.69) is 10.2 Å². The summed E-state index contributed by atoms with van der Waals surface area (Å²) in [6.45, 7) is 4.29. The Bertz CT molecular complexity index is 471. The van der Waals surface area contributed by atoms with Gasteiger partial charge in [-0.25, -0.2) is 0 Å². The average molecular weight is 279 g/mol. The first-order valence-electron chi connectivity index (χ1n) is 6.96. The predicted octanol–water partition coefficient (Wildman–Crippen LogP) is 1.45. The van der Waals surface area contributed by atoms with Gasteiger partial charge in [-0.1, -0.05) is 6.07 Å². The highest BCUT2D eigenvalue weighted by Gasteiger charge is 2.24. The van der Waals surface area contributed by atoms with Crippen LogP contribution in [0, 0.1) is 17.0 Å². The molecule has 110 valence electrons. The van der Waals surface area contributed by atoms with Gasteiger partial charge in [0.25, 0.3) is 5.69 Å². The average Bonchev–Trinajstić information content (AvgIpc) is 2.45. The summed E-state index contributed by atoms with van der Waals surface area (Å²) in [5, 5.41) is 23.2. The van der Waals surface area contributed by atoms with E-state index >= 15 is 0 Å². The molecular formula is C14H21N3O3. The van der Waals surface area contributed by atoms with Crippen molar-refractivity contribution in [3.05, 3.63) is 33.9 Å². The molecule has 0 spiro atoms. The van der Waals surface area contributed by atoms with Gasteiger partial charge in [-0.15, -0.1) is 0 Å². The SMILES string of the molecule is Cc1ccc([N+](=O)[O-])c(N2CCC(NCCO)CC2)c1. The van der Waals surface area contributed by atoms with Crippen molar-refractivity contribution >= 4 is 11.4 Å². The zero-order valence-electron chi connectivity index (χ0n) is 11.7. The molecule has 6 heteroatoms. The standard InChI is InChI=1S/C14H21N3O3/c1-11-2-3-13(17(19)20)14(10-11)16-7-4-12(5-8-16)15-6-9-18/h2-3,10,12,15,18H,4-9H2,1H3. The summed E-state index contributed by atoms with van der Waals surface area (Å²) in [5.41, 5.74) is 1.93. The summed E-state index contributed by atoms with van der Waals surface area (Å²) in [7, 11) is 0. The number of nitro groups is 1. The number of aliphatic hydroxyl groups excluding tert-OH is 1. The molecule has 1 aromatic rings. The minimum atomic E-state index is -0.315. The van der Waals surface area contributed by atoms with Gasteiger partial charge in [-0.3, -0.25) is 10.1 Å². The molecule has 6 nitrogen and oxygen atoms in total. The molecule has 0 atom stereocenters. The Morgan fingerprint density at radius 1 is 1.45 bits per heavy atom. The van der Waals surface area contributed by atoms with Crippen molar-refractivity contribution < 1.29 is 10.0 Å². The normalized spacial score (nSPS) is 16.4. The third-order valence-corrected chi connectivity index (χ3v) is 3.71. The molecule has 0 aromatic heterocycles. The molecule has 1 fully saturated rings. The Balaban J connectivity index is 2.06. The van der Waals surface area contributed by atoms with Crippen LogP contribution in [-0.2, 0) is 0 Å². The van der Waals surface area contributed by atoms with Crippen molar-refractivity contribution in [3.8, 4) is 0 Å². The van der Waals surface area contributed by atoms with Crippen LogP contribution in [0.3, 0.4) is 0 Å². The van der Waals surface area contributed by atoms with Crippen molar-refractivity contribution in [2.45, 2.75) is 25.8 Å². The number of rotatable bonds is 5. The highest BCUT2D eigenvalue weighted by Crippen LogP contribution is 2.31. The Labute approximate surface area is 118 Å². The van der Waals surface area contributed by atoms with Gasteiger partial charge in [0.1, 0.15) is 5.69 Å². The van der Waals surface area contributed by atoms with E-state index in [1.54, 1.807) is 12.1 Å². The van der Waals surface area contributed by atoms with Gasteiger partial charge < -0.3 is 15.3 Å². The molecule has 0 saturated carbocycles. The molecule has 0 aliphatic carbocycles. The summed E-state index contributed by atoms with van der Waals surface area (Å²) >= 11 is 0. The van der Waals surface area contributed by atoms with Crippen LogP contribution in [0.2, 0.25) is 0 Å². The molecule has 1 aliphatic rings. The molecule has 1 aliphatic heterocycles. The van der Waals surface area contributed by atoms with E-state index in [1.807, 2.05) is 13.0 Å². The van der Waals surface area contributed by atoms with Gasteiger partial charge >= 0.3 is 0 Å². The van der Waals surface area contributed by atoms with Crippen LogP contribution < -0.4 is 10.2 Å². The van der Waals surface area contributed by atoms with Crippen LogP contribution >= 0.6 is 0 Å². The van der Waals surface area contributed by atoms with Crippen molar-refractivity contribution in [2.24, 2.45) is 0 Å². The van der Waals surface area contributed by atoms with Crippen LogP contribution in [0.15, 0.2) is 18.2 Å². The van der Waals surface area contributed by atoms with Gasteiger partial charge in [0.05, 0.1) is 11.5 Å². The van der Waals surface area contributed by atoms with E-state index in [1.165, 1.54) is 0 Å². The molecule has 0 amide bonds. The largest absolute Gasteiger partial charge is 0.395 e. The molecule has 1 heterocycles. The molecule has 1 saturated heterocycles. The predicted molar refractivity (Wildman–Crippen MR) is 78.2 cm³/mol. The number of hydrogen-bond donors (Lipinski definition) is 2. The summed E-state index contributed by atoms with van der Waals surface area (Å²) in [4.78, 5) is 12.9. The topological polar surface area (TPSA) is 78.6 Å². The number of anilines is 1. The van der Waals surface area contributed by atoms with E-state index in [9.17, 15) is 10.1 Å². The number of aliphatic hydroxyl groups is 1. The van der Waals surface area contributed by atoms with Crippen LogP contribution in [0.4, 0.5) is 11.4 Å². The van der Waals surface area contributed by atoms with Crippen molar-refractivity contribution in [2.75, 3.05) is 31.1 Å². The molecule has 2 N–H and O–H groups in total. The lowest BCUT2D eigenvalue weighted by molar-refractivity contribution is -0.384.